The van der Waals surface area contributed by atoms with E-state index in [9.17, 15) is 9.59 Å². The Kier molecular flexibility index (Phi) is 4.66. The second-order valence-electron chi connectivity index (χ2n) is 6.11. The van der Waals surface area contributed by atoms with E-state index in [1.165, 1.54) is 21.9 Å². The topological polar surface area (TPSA) is 90.5 Å². The number of hydrogen-bond acceptors (Lipinski definition) is 6. The van der Waals surface area contributed by atoms with Crippen LogP contribution >= 0.6 is 11.3 Å². The van der Waals surface area contributed by atoms with Gasteiger partial charge in [0.2, 0.25) is 0 Å². The minimum Gasteiger partial charge on any atom is -0.497 e. The molecule has 0 bridgehead atoms. The molecule has 142 valence electrons. The van der Waals surface area contributed by atoms with Crippen molar-refractivity contribution in [1.29, 1.82) is 0 Å². The van der Waals surface area contributed by atoms with Gasteiger partial charge in [-0.3, -0.25) is 14.0 Å². The summed E-state index contributed by atoms with van der Waals surface area (Å²) in [4.78, 5) is 34.7. The summed E-state index contributed by atoms with van der Waals surface area (Å²) in [5.41, 5.74) is 0.345. The van der Waals surface area contributed by atoms with Crippen LogP contribution in [-0.2, 0) is 7.05 Å². The maximum atomic E-state index is 12.9. The van der Waals surface area contributed by atoms with Gasteiger partial charge in [0.15, 0.2) is 4.96 Å². The zero-order chi connectivity index (χ0) is 19.7. The van der Waals surface area contributed by atoms with Crippen molar-refractivity contribution < 1.29 is 9.53 Å². The van der Waals surface area contributed by atoms with Crippen molar-refractivity contribution in [1.82, 2.24) is 24.3 Å². The van der Waals surface area contributed by atoms with Crippen molar-refractivity contribution >= 4 is 22.2 Å². The number of ether oxygens (including phenoxy) is 1. The molecular weight excluding hydrogens is 378 g/mol. The SMILES string of the molecule is COc1cccc(C(NC(=O)c2cnc3sccn3c2=O)c2nccn2C)c1. The fourth-order valence-corrected chi connectivity index (χ4v) is 3.64. The number of amides is 1. The lowest BCUT2D eigenvalue weighted by Gasteiger charge is -2.19. The van der Waals surface area contributed by atoms with Gasteiger partial charge >= 0.3 is 0 Å². The molecule has 1 aromatic carbocycles. The number of aromatic nitrogens is 4. The van der Waals surface area contributed by atoms with E-state index >= 15 is 0 Å². The number of benzene rings is 1. The van der Waals surface area contributed by atoms with Gasteiger partial charge in [-0.1, -0.05) is 12.1 Å². The zero-order valence-electron chi connectivity index (χ0n) is 15.2. The van der Waals surface area contributed by atoms with Crippen LogP contribution in [-0.4, -0.2) is 32.0 Å². The van der Waals surface area contributed by atoms with Crippen molar-refractivity contribution in [2.24, 2.45) is 7.05 Å². The number of thiazole rings is 1. The third kappa shape index (κ3) is 3.16. The second-order valence-corrected chi connectivity index (χ2v) is 6.99. The zero-order valence-corrected chi connectivity index (χ0v) is 16.0. The van der Waals surface area contributed by atoms with Crippen LogP contribution < -0.4 is 15.6 Å². The predicted molar refractivity (Wildman–Crippen MR) is 105 cm³/mol. The summed E-state index contributed by atoms with van der Waals surface area (Å²) < 4.78 is 8.48. The van der Waals surface area contributed by atoms with Crippen LogP contribution in [0, 0.1) is 0 Å². The Morgan fingerprint density at radius 1 is 1.29 bits per heavy atom. The molecule has 4 aromatic rings. The molecule has 9 heteroatoms. The number of methoxy groups -OCH3 is 1. The highest BCUT2D eigenvalue weighted by molar-refractivity contribution is 7.15. The molecule has 1 unspecified atom stereocenters. The number of carbonyl (C=O) groups is 1. The minimum atomic E-state index is -0.565. The van der Waals surface area contributed by atoms with Gasteiger partial charge in [0.1, 0.15) is 23.2 Å². The van der Waals surface area contributed by atoms with Gasteiger partial charge in [0, 0.05) is 37.2 Å². The molecule has 3 heterocycles. The second kappa shape index (κ2) is 7.28. The number of nitrogens with zero attached hydrogens (tertiary/aromatic N) is 4. The normalized spacial score (nSPS) is 12.1. The highest BCUT2D eigenvalue weighted by Gasteiger charge is 2.24. The first-order valence-corrected chi connectivity index (χ1v) is 9.33. The average molecular weight is 395 g/mol. The van der Waals surface area contributed by atoms with Crippen molar-refractivity contribution in [3.63, 3.8) is 0 Å². The van der Waals surface area contributed by atoms with Gasteiger partial charge in [-0.2, -0.15) is 0 Å². The number of nitrogens with one attached hydrogen (secondary N) is 1. The summed E-state index contributed by atoms with van der Waals surface area (Å²) in [7, 11) is 3.42. The van der Waals surface area contributed by atoms with Gasteiger partial charge in [-0.05, 0) is 17.7 Å². The summed E-state index contributed by atoms with van der Waals surface area (Å²) in [6.45, 7) is 0. The molecule has 28 heavy (non-hydrogen) atoms. The van der Waals surface area contributed by atoms with E-state index in [1.807, 2.05) is 35.9 Å². The number of imidazole rings is 1. The first kappa shape index (κ1) is 17.9. The van der Waals surface area contributed by atoms with E-state index in [0.717, 1.165) is 5.56 Å². The summed E-state index contributed by atoms with van der Waals surface area (Å²) in [6.07, 6.45) is 6.36. The van der Waals surface area contributed by atoms with E-state index < -0.39 is 17.5 Å². The molecular formula is C19H17N5O3S. The maximum Gasteiger partial charge on any atom is 0.271 e. The molecule has 0 aliphatic rings. The molecule has 0 saturated heterocycles. The Hall–Kier alpha value is -3.46. The van der Waals surface area contributed by atoms with Crippen LogP contribution in [0.1, 0.15) is 27.8 Å². The highest BCUT2D eigenvalue weighted by atomic mass is 32.1. The van der Waals surface area contributed by atoms with Gasteiger partial charge in [0.05, 0.1) is 7.11 Å². The minimum absolute atomic E-state index is 0.0296. The molecule has 0 radical (unpaired) electrons. The number of carbonyl (C=O) groups excluding carboxylic acids is 1. The lowest BCUT2D eigenvalue weighted by atomic mass is 10.1. The quantitative estimate of drug-likeness (QED) is 0.558. The summed E-state index contributed by atoms with van der Waals surface area (Å²) in [6, 6.07) is 6.79. The fourth-order valence-electron chi connectivity index (χ4n) is 2.96. The predicted octanol–water partition coefficient (Wildman–Crippen LogP) is 2.02. The molecule has 1 N–H and O–H groups in total. The van der Waals surface area contributed by atoms with Crippen molar-refractivity contribution in [3.05, 3.63) is 81.7 Å². The van der Waals surface area contributed by atoms with Crippen LogP contribution in [0.3, 0.4) is 0 Å². The van der Waals surface area contributed by atoms with Crippen molar-refractivity contribution in [3.8, 4) is 5.75 Å². The largest absolute Gasteiger partial charge is 0.497 e. The summed E-state index contributed by atoms with van der Waals surface area (Å²) in [5.74, 6) is 0.771. The fraction of sp³-hybridized carbons (Fsp3) is 0.158. The first-order valence-electron chi connectivity index (χ1n) is 8.45. The van der Waals surface area contributed by atoms with E-state index in [4.69, 9.17) is 4.74 Å². The molecule has 0 spiro atoms. The highest BCUT2D eigenvalue weighted by Crippen LogP contribution is 2.24. The molecule has 4 rings (SSSR count). The Balaban J connectivity index is 1.74. The molecule has 1 amide bonds. The molecule has 0 aliphatic carbocycles. The Morgan fingerprint density at radius 2 is 2.14 bits per heavy atom. The smallest absolute Gasteiger partial charge is 0.271 e. The van der Waals surface area contributed by atoms with E-state index in [1.54, 1.807) is 31.1 Å². The lowest BCUT2D eigenvalue weighted by Crippen LogP contribution is -2.35. The van der Waals surface area contributed by atoms with Crippen LogP contribution in [0.15, 0.2) is 59.2 Å². The van der Waals surface area contributed by atoms with Crippen molar-refractivity contribution in [2.75, 3.05) is 7.11 Å². The van der Waals surface area contributed by atoms with E-state index in [2.05, 4.69) is 15.3 Å². The van der Waals surface area contributed by atoms with Crippen LogP contribution in [0.5, 0.6) is 5.75 Å². The molecule has 0 fully saturated rings. The number of hydrogen-bond donors (Lipinski definition) is 1. The average Bonchev–Trinajstić information content (AvgIpc) is 3.35. The van der Waals surface area contributed by atoms with E-state index in [-0.39, 0.29) is 5.56 Å². The van der Waals surface area contributed by atoms with Crippen LogP contribution in [0.2, 0.25) is 0 Å². The number of fused-ring (bicyclic) bond motifs is 1. The van der Waals surface area contributed by atoms with Gasteiger partial charge in [-0.25, -0.2) is 9.97 Å². The van der Waals surface area contributed by atoms with E-state index in [0.29, 0.717) is 16.5 Å². The third-order valence-corrected chi connectivity index (χ3v) is 5.18. The monoisotopic (exact) mass is 395 g/mol. The van der Waals surface area contributed by atoms with Crippen LogP contribution in [0.25, 0.3) is 4.96 Å². The first-order chi connectivity index (χ1) is 13.6. The van der Waals surface area contributed by atoms with Gasteiger partial charge in [0.25, 0.3) is 11.5 Å². The third-order valence-electron chi connectivity index (χ3n) is 4.41. The molecule has 0 aliphatic heterocycles. The van der Waals surface area contributed by atoms with Gasteiger partial charge < -0.3 is 14.6 Å². The Morgan fingerprint density at radius 3 is 2.89 bits per heavy atom. The van der Waals surface area contributed by atoms with Crippen LogP contribution in [0.4, 0.5) is 0 Å². The summed E-state index contributed by atoms with van der Waals surface area (Å²) >= 11 is 1.33. The molecule has 1 atom stereocenters. The molecule has 3 aromatic heterocycles. The number of rotatable bonds is 5. The van der Waals surface area contributed by atoms with Crippen molar-refractivity contribution in [2.45, 2.75) is 6.04 Å². The Labute approximate surface area is 164 Å². The van der Waals surface area contributed by atoms with Gasteiger partial charge in [-0.15, -0.1) is 11.3 Å². The molecule has 8 nitrogen and oxygen atoms in total. The maximum absolute atomic E-state index is 12.9. The Bertz CT molecular complexity index is 1210. The lowest BCUT2D eigenvalue weighted by molar-refractivity contribution is 0.0939. The molecule has 0 saturated carbocycles. The number of aryl methyl sites for hydroxylation is 1. The summed E-state index contributed by atoms with van der Waals surface area (Å²) in [5, 5.41) is 4.66. The standard InChI is InChI=1S/C19H17N5O3S/c1-23-7-6-20-16(23)15(12-4-3-5-13(10-12)27-2)22-17(25)14-11-21-19-24(18(14)26)8-9-28-19/h3-11,15H,1-2H3,(H,22,25).